The Bertz CT molecular complexity index is 515. The van der Waals surface area contributed by atoms with Crippen molar-refractivity contribution in [1.82, 2.24) is 9.71 Å². The smallest absolute Gasteiger partial charge is 0.240 e. The van der Waals surface area contributed by atoms with Crippen molar-refractivity contribution in [2.45, 2.75) is 24.2 Å². The summed E-state index contributed by atoms with van der Waals surface area (Å²) in [7, 11) is -3.50. The molecule has 0 aromatic carbocycles. The van der Waals surface area contributed by atoms with Gasteiger partial charge in [0.2, 0.25) is 10.0 Å². The number of anilines is 1. The van der Waals surface area contributed by atoms with E-state index >= 15 is 0 Å². The normalized spacial score (nSPS) is 15.6. The molecule has 0 saturated heterocycles. The van der Waals surface area contributed by atoms with Gasteiger partial charge in [-0.3, -0.25) is 0 Å². The van der Waals surface area contributed by atoms with E-state index in [1.165, 1.54) is 31.2 Å². The molecule has 1 aliphatic carbocycles. The van der Waals surface area contributed by atoms with E-state index in [0.717, 1.165) is 12.5 Å². The number of hydrogen-bond acceptors (Lipinski definition) is 5. The van der Waals surface area contributed by atoms with Gasteiger partial charge in [0.25, 0.3) is 0 Å². The number of nitrogens with two attached hydrogens (primary N) is 1. The number of nitrogens with zero attached hydrogens (tertiary/aromatic N) is 1. The number of hydrogen-bond donors (Lipinski definition) is 2. The molecule has 0 unspecified atom stereocenters. The van der Waals surface area contributed by atoms with Crippen molar-refractivity contribution in [3.05, 3.63) is 18.3 Å². The van der Waals surface area contributed by atoms with Crippen LogP contribution in [-0.4, -0.2) is 33.2 Å². The molecule has 1 aliphatic rings. The second-order valence-corrected chi connectivity index (χ2v) is 6.45. The molecule has 1 aromatic rings. The fourth-order valence-electron chi connectivity index (χ4n) is 1.59. The summed E-state index contributed by atoms with van der Waals surface area (Å²) in [6.45, 7) is 1.74. The molecular weight excluding hydrogens is 266 g/mol. The monoisotopic (exact) mass is 285 g/mol. The van der Waals surface area contributed by atoms with Gasteiger partial charge in [0.05, 0.1) is 4.90 Å². The lowest BCUT2D eigenvalue weighted by Gasteiger charge is -2.07. The van der Waals surface area contributed by atoms with Crippen LogP contribution in [-0.2, 0) is 14.8 Å². The average molecular weight is 285 g/mol. The van der Waals surface area contributed by atoms with Crippen molar-refractivity contribution in [1.29, 1.82) is 0 Å². The van der Waals surface area contributed by atoms with Crippen molar-refractivity contribution in [3.8, 4) is 0 Å². The number of pyridine rings is 1. The Balaban J connectivity index is 1.71. The molecule has 0 spiro atoms. The van der Waals surface area contributed by atoms with E-state index in [-0.39, 0.29) is 10.7 Å². The molecule has 1 heterocycles. The van der Waals surface area contributed by atoms with Crippen LogP contribution in [0.4, 0.5) is 5.82 Å². The summed E-state index contributed by atoms with van der Waals surface area (Å²) in [4.78, 5) is 3.90. The predicted molar refractivity (Wildman–Crippen MR) is 72.0 cm³/mol. The third-order valence-corrected chi connectivity index (χ3v) is 4.33. The number of aromatic nitrogens is 1. The van der Waals surface area contributed by atoms with Crippen LogP contribution in [0.2, 0.25) is 0 Å². The number of ether oxygens (including phenoxy) is 1. The van der Waals surface area contributed by atoms with Gasteiger partial charge in [-0.25, -0.2) is 18.1 Å². The molecule has 3 N–H and O–H groups in total. The first-order chi connectivity index (χ1) is 9.08. The Morgan fingerprint density at radius 2 is 2.26 bits per heavy atom. The highest BCUT2D eigenvalue weighted by Gasteiger charge is 2.20. The summed E-state index contributed by atoms with van der Waals surface area (Å²) < 4.78 is 31.7. The zero-order valence-corrected chi connectivity index (χ0v) is 11.5. The highest BCUT2D eigenvalue weighted by molar-refractivity contribution is 7.89. The molecule has 19 heavy (non-hydrogen) atoms. The molecule has 1 aromatic heterocycles. The van der Waals surface area contributed by atoms with Crippen molar-refractivity contribution < 1.29 is 13.2 Å². The SMILES string of the molecule is Nc1cc(S(=O)(=O)NCCCOCC2CC2)ccn1. The maximum absolute atomic E-state index is 11.9. The minimum atomic E-state index is -3.50. The lowest BCUT2D eigenvalue weighted by atomic mass is 10.4. The van der Waals surface area contributed by atoms with Crippen molar-refractivity contribution >= 4 is 15.8 Å². The summed E-state index contributed by atoms with van der Waals surface area (Å²) in [5.74, 6) is 0.923. The summed E-state index contributed by atoms with van der Waals surface area (Å²) in [6, 6.07) is 2.76. The number of sulfonamides is 1. The summed E-state index contributed by atoms with van der Waals surface area (Å²) in [5.41, 5.74) is 5.46. The Morgan fingerprint density at radius 3 is 2.95 bits per heavy atom. The van der Waals surface area contributed by atoms with Gasteiger partial charge in [-0.05, 0) is 31.2 Å². The molecule has 106 valence electrons. The molecule has 7 heteroatoms. The summed E-state index contributed by atoms with van der Waals surface area (Å²) >= 11 is 0. The van der Waals surface area contributed by atoms with Crippen LogP contribution in [0, 0.1) is 5.92 Å². The van der Waals surface area contributed by atoms with E-state index in [9.17, 15) is 8.42 Å². The van der Waals surface area contributed by atoms with E-state index in [2.05, 4.69) is 9.71 Å². The maximum Gasteiger partial charge on any atom is 0.240 e. The van der Waals surface area contributed by atoms with Crippen LogP contribution in [0.25, 0.3) is 0 Å². The van der Waals surface area contributed by atoms with Gasteiger partial charge < -0.3 is 10.5 Å². The largest absolute Gasteiger partial charge is 0.384 e. The first kappa shape index (κ1) is 14.2. The molecule has 0 radical (unpaired) electrons. The first-order valence-corrected chi connectivity index (χ1v) is 7.85. The Hall–Kier alpha value is -1.18. The van der Waals surface area contributed by atoms with Crippen molar-refractivity contribution in [3.63, 3.8) is 0 Å². The van der Waals surface area contributed by atoms with Gasteiger partial charge in [0.15, 0.2) is 0 Å². The van der Waals surface area contributed by atoms with Gasteiger partial charge >= 0.3 is 0 Å². The van der Waals surface area contributed by atoms with Crippen LogP contribution in [0.5, 0.6) is 0 Å². The van der Waals surface area contributed by atoms with E-state index in [1.807, 2.05) is 0 Å². The number of rotatable bonds is 8. The highest BCUT2D eigenvalue weighted by Crippen LogP contribution is 2.28. The molecule has 0 amide bonds. The Kier molecular flexibility index (Phi) is 4.73. The van der Waals surface area contributed by atoms with E-state index in [1.54, 1.807) is 0 Å². The lowest BCUT2D eigenvalue weighted by Crippen LogP contribution is -2.25. The summed E-state index contributed by atoms with van der Waals surface area (Å²) in [5, 5.41) is 0. The number of nitrogen functional groups attached to an aromatic ring is 1. The fraction of sp³-hybridized carbons (Fsp3) is 0.583. The molecular formula is C12H19N3O3S. The third-order valence-electron chi connectivity index (χ3n) is 2.87. The molecule has 0 atom stereocenters. The topological polar surface area (TPSA) is 94.3 Å². The number of nitrogens with one attached hydrogen (secondary N) is 1. The second-order valence-electron chi connectivity index (χ2n) is 4.69. The van der Waals surface area contributed by atoms with E-state index in [0.29, 0.717) is 19.6 Å². The highest BCUT2D eigenvalue weighted by atomic mass is 32.2. The fourth-order valence-corrected chi connectivity index (χ4v) is 2.69. The minimum Gasteiger partial charge on any atom is -0.384 e. The van der Waals surface area contributed by atoms with Gasteiger partial charge in [-0.15, -0.1) is 0 Å². The van der Waals surface area contributed by atoms with Crippen LogP contribution < -0.4 is 10.5 Å². The zero-order chi connectivity index (χ0) is 13.7. The second kappa shape index (κ2) is 6.31. The van der Waals surface area contributed by atoms with Crippen LogP contribution in [0.15, 0.2) is 23.2 Å². The molecule has 2 rings (SSSR count). The lowest BCUT2D eigenvalue weighted by molar-refractivity contribution is 0.123. The third kappa shape index (κ3) is 4.77. The van der Waals surface area contributed by atoms with Crippen LogP contribution >= 0.6 is 0 Å². The average Bonchev–Trinajstić information content (AvgIpc) is 3.17. The van der Waals surface area contributed by atoms with Crippen molar-refractivity contribution in [2.24, 2.45) is 5.92 Å². The van der Waals surface area contributed by atoms with Gasteiger partial charge in [0, 0.05) is 32.0 Å². The van der Waals surface area contributed by atoms with Crippen LogP contribution in [0.1, 0.15) is 19.3 Å². The summed E-state index contributed by atoms with van der Waals surface area (Å²) in [6.07, 6.45) is 4.56. The molecule has 1 saturated carbocycles. The standard InChI is InChI=1S/C12H19N3O3S/c13-12-8-11(4-6-14-12)19(16,17)15-5-1-7-18-9-10-2-3-10/h4,6,8,10,15H,1-3,5,7,9H2,(H2,13,14). The first-order valence-electron chi connectivity index (χ1n) is 6.37. The molecule has 6 nitrogen and oxygen atoms in total. The maximum atomic E-state index is 11.9. The van der Waals surface area contributed by atoms with Crippen molar-refractivity contribution in [2.75, 3.05) is 25.5 Å². The molecule has 0 bridgehead atoms. The zero-order valence-electron chi connectivity index (χ0n) is 10.7. The van der Waals surface area contributed by atoms with E-state index < -0.39 is 10.0 Å². The minimum absolute atomic E-state index is 0.138. The van der Waals surface area contributed by atoms with Gasteiger partial charge in [0.1, 0.15) is 5.82 Å². The Labute approximate surface area is 113 Å². The predicted octanol–water partition coefficient (Wildman–Crippen LogP) is 0.759. The Morgan fingerprint density at radius 1 is 1.47 bits per heavy atom. The van der Waals surface area contributed by atoms with Crippen LogP contribution in [0.3, 0.4) is 0 Å². The molecule has 0 aliphatic heterocycles. The van der Waals surface area contributed by atoms with E-state index in [4.69, 9.17) is 10.5 Å². The quantitative estimate of drug-likeness (QED) is 0.688. The molecule has 1 fully saturated rings. The van der Waals surface area contributed by atoms with Gasteiger partial charge in [-0.1, -0.05) is 0 Å². The van der Waals surface area contributed by atoms with Gasteiger partial charge in [-0.2, -0.15) is 0 Å².